The molecule has 0 aliphatic carbocycles. The van der Waals surface area contributed by atoms with E-state index in [0.717, 1.165) is 10.2 Å². The standard InChI is InChI=1S/C20H18BrN3O5/c21-13-4-3-5-14(9-13)24-10-12(8-18(24)25)19(26)22-23-20(27)17-11-28-15-6-1-2-7-16(15)29-17/h1-7,9,12,17H,8,10-11H2,(H,22,26)(H,23,27). The van der Waals surface area contributed by atoms with Crippen LogP contribution in [0.2, 0.25) is 0 Å². The van der Waals surface area contributed by atoms with E-state index in [1.165, 1.54) is 0 Å². The van der Waals surface area contributed by atoms with Gasteiger partial charge in [-0.05, 0) is 30.3 Å². The van der Waals surface area contributed by atoms with Crippen molar-refractivity contribution in [2.75, 3.05) is 18.1 Å². The van der Waals surface area contributed by atoms with Gasteiger partial charge >= 0.3 is 0 Å². The largest absolute Gasteiger partial charge is 0.485 e. The molecule has 8 nitrogen and oxygen atoms in total. The Morgan fingerprint density at radius 3 is 2.59 bits per heavy atom. The number of benzene rings is 2. The van der Waals surface area contributed by atoms with Crippen LogP contribution in [-0.2, 0) is 14.4 Å². The van der Waals surface area contributed by atoms with Crippen molar-refractivity contribution < 1.29 is 23.9 Å². The summed E-state index contributed by atoms with van der Waals surface area (Å²) < 4.78 is 11.9. The van der Waals surface area contributed by atoms with Crippen LogP contribution in [0.3, 0.4) is 0 Å². The lowest BCUT2D eigenvalue weighted by Crippen LogP contribution is -2.52. The van der Waals surface area contributed by atoms with Crippen LogP contribution < -0.4 is 25.2 Å². The molecule has 29 heavy (non-hydrogen) atoms. The maximum Gasteiger partial charge on any atom is 0.283 e. The summed E-state index contributed by atoms with van der Waals surface area (Å²) in [4.78, 5) is 38.6. The van der Waals surface area contributed by atoms with Gasteiger partial charge in [-0.2, -0.15) is 0 Å². The summed E-state index contributed by atoms with van der Waals surface area (Å²) in [6, 6.07) is 14.3. The fraction of sp³-hybridized carbons (Fsp3) is 0.250. The molecule has 0 spiro atoms. The van der Waals surface area contributed by atoms with Crippen LogP contribution in [0.4, 0.5) is 5.69 Å². The second-order valence-electron chi connectivity index (χ2n) is 6.73. The highest BCUT2D eigenvalue weighted by Gasteiger charge is 2.36. The molecule has 0 aromatic heterocycles. The molecule has 2 aliphatic rings. The topological polar surface area (TPSA) is 97.0 Å². The van der Waals surface area contributed by atoms with Crippen molar-refractivity contribution in [3.63, 3.8) is 0 Å². The number of rotatable bonds is 3. The van der Waals surface area contributed by atoms with Crippen molar-refractivity contribution in [3.8, 4) is 11.5 Å². The number of fused-ring (bicyclic) bond motifs is 1. The third-order valence-electron chi connectivity index (χ3n) is 4.73. The first kappa shape index (κ1) is 19.3. The lowest BCUT2D eigenvalue weighted by Gasteiger charge is -2.25. The van der Waals surface area contributed by atoms with Gasteiger partial charge in [0.15, 0.2) is 11.5 Å². The SMILES string of the molecule is O=C(NNC(=O)C1COc2ccccc2O1)C1CC(=O)N(c2cccc(Br)c2)C1. The fourth-order valence-corrected chi connectivity index (χ4v) is 3.62. The number of nitrogens with zero attached hydrogens (tertiary/aromatic N) is 1. The van der Waals surface area contributed by atoms with E-state index >= 15 is 0 Å². The minimum absolute atomic E-state index is 0.0390. The van der Waals surface area contributed by atoms with Crippen LogP contribution in [0.15, 0.2) is 53.0 Å². The minimum atomic E-state index is -0.881. The summed E-state index contributed by atoms with van der Waals surface area (Å²) in [7, 11) is 0. The zero-order valence-electron chi connectivity index (χ0n) is 15.3. The number of halogens is 1. The van der Waals surface area contributed by atoms with E-state index in [4.69, 9.17) is 9.47 Å². The highest BCUT2D eigenvalue weighted by atomic mass is 79.9. The second kappa shape index (κ2) is 8.12. The fourth-order valence-electron chi connectivity index (χ4n) is 3.23. The maximum atomic E-state index is 12.4. The van der Waals surface area contributed by atoms with Gasteiger partial charge in [0.05, 0.1) is 5.92 Å². The Morgan fingerprint density at radius 1 is 1.03 bits per heavy atom. The Balaban J connectivity index is 1.31. The van der Waals surface area contributed by atoms with E-state index in [9.17, 15) is 14.4 Å². The first-order chi connectivity index (χ1) is 14.0. The Bertz CT molecular complexity index is 967. The third kappa shape index (κ3) is 4.19. The number of hydrogen-bond donors (Lipinski definition) is 2. The molecule has 2 atom stereocenters. The first-order valence-corrected chi connectivity index (χ1v) is 9.84. The van der Waals surface area contributed by atoms with E-state index in [1.807, 2.05) is 30.3 Å². The first-order valence-electron chi connectivity index (χ1n) is 9.05. The number of carbonyl (C=O) groups excluding carboxylic acids is 3. The van der Waals surface area contributed by atoms with E-state index in [2.05, 4.69) is 26.8 Å². The molecule has 0 radical (unpaired) electrons. The number of para-hydroxylation sites is 2. The van der Waals surface area contributed by atoms with Crippen molar-refractivity contribution >= 4 is 39.3 Å². The highest BCUT2D eigenvalue weighted by molar-refractivity contribution is 9.10. The number of carbonyl (C=O) groups is 3. The van der Waals surface area contributed by atoms with E-state index in [0.29, 0.717) is 11.5 Å². The number of amides is 3. The Labute approximate surface area is 175 Å². The Hall–Kier alpha value is -3.07. The summed E-state index contributed by atoms with van der Waals surface area (Å²) in [6.07, 6.45) is -0.807. The van der Waals surface area contributed by atoms with E-state index in [-0.39, 0.29) is 25.5 Å². The van der Waals surface area contributed by atoms with Gasteiger partial charge < -0.3 is 14.4 Å². The molecule has 1 fully saturated rings. The normalized spacial score (nSPS) is 20.3. The van der Waals surface area contributed by atoms with Crippen molar-refractivity contribution in [3.05, 3.63) is 53.0 Å². The summed E-state index contributed by atoms with van der Waals surface area (Å²) in [5.74, 6) is -0.627. The average Bonchev–Trinajstić information content (AvgIpc) is 3.13. The molecule has 2 unspecified atom stereocenters. The van der Waals surface area contributed by atoms with Crippen molar-refractivity contribution in [1.29, 1.82) is 0 Å². The summed E-state index contributed by atoms with van der Waals surface area (Å²) in [5.41, 5.74) is 5.46. The zero-order chi connectivity index (χ0) is 20.4. The van der Waals surface area contributed by atoms with Gasteiger partial charge in [-0.1, -0.05) is 34.1 Å². The minimum Gasteiger partial charge on any atom is -0.485 e. The highest BCUT2D eigenvalue weighted by Crippen LogP contribution is 2.31. The van der Waals surface area contributed by atoms with Crippen LogP contribution in [0.1, 0.15) is 6.42 Å². The predicted molar refractivity (Wildman–Crippen MR) is 107 cm³/mol. The predicted octanol–water partition coefficient (Wildman–Crippen LogP) is 1.79. The molecule has 2 aromatic carbocycles. The van der Waals surface area contributed by atoms with Crippen LogP contribution >= 0.6 is 15.9 Å². The molecule has 3 amide bonds. The number of ether oxygens (including phenoxy) is 2. The van der Waals surface area contributed by atoms with Crippen molar-refractivity contribution in [1.82, 2.24) is 10.9 Å². The molecule has 0 bridgehead atoms. The summed E-state index contributed by atoms with van der Waals surface area (Å²) in [5, 5.41) is 0. The van der Waals surface area contributed by atoms with Gasteiger partial charge in [0.1, 0.15) is 6.61 Å². The van der Waals surface area contributed by atoms with Gasteiger partial charge in [0.2, 0.25) is 17.9 Å². The van der Waals surface area contributed by atoms with E-state index < -0.39 is 23.8 Å². The Morgan fingerprint density at radius 2 is 1.79 bits per heavy atom. The Kier molecular flexibility index (Phi) is 5.39. The molecule has 9 heteroatoms. The lowest BCUT2D eigenvalue weighted by molar-refractivity contribution is -0.136. The van der Waals surface area contributed by atoms with Crippen LogP contribution in [-0.4, -0.2) is 37.0 Å². The molecule has 4 rings (SSSR count). The molecule has 2 aromatic rings. The molecule has 150 valence electrons. The van der Waals surface area contributed by atoms with Gasteiger partial charge in [0, 0.05) is 23.1 Å². The van der Waals surface area contributed by atoms with Crippen molar-refractivity contribution in [2.24, 2.45) is 5.92 Å². The van der Waals surface area contributed by atoms with Gasteiger partial charge in [-0.25, -0.2) is 0 Å². The number of nitrogens with one attached hydrogen (secondary N) is 2. The monoisotopic (exact) mass is 459 g/mol. The third-order valence-corrected chi connectivity index (χ3v) is 5.22. The van der Waals surface area contributed by atoms with Crippen LogP contribution in [0.25, 0.3) is 0 Å². The van der Waals surface area contributed by atoms with E-state index in [1.54, 1.807) is 23.1 Å². The maximum absolute atomic E-state index is 12.4. The number of anilines is 1. The second-order valence-corrected chi connectivity index (χ2v) is 7.64. The average molecular weight is 460 g/mol. The van der Waals surface area contributed by atoms with Crippen molar-refractivity contribution in [2.45, 2.75) is 12.5 Å². The van der Waals surface area contributed by atoms with Gasteiger partial charge in [-0.15, -0.1) is 0 Å². The molecule has 2 aliphatic heterocycles. The molecule has 0 saturated carbocycles. The quantitative estimate of drug-likeness (QED) is 0.681. The molecule has 2 N–H and O–H groups in total. The van der Waals surface area contributed by atoms with Crippen LogP contribution in [0.5, 0.6) is 11.5 Å². The zero-order valence-corrected chi connectivity index (χ0v) is 16.8. The van der Waals surface area contributed by atoms with Crippen LogP contribution in [0, 0.1) is 5.92 Å². The molecular formula is C20H18BrN3O5. The smallest absolute Gasteiger partial charge is 0.283 e. The summed E-state index contributed by atoms with van der Waals surface area (Å²) in [6.45, 7) is 0.282. The number of hydrogen-bond acceptors (Lipinski definition) is 5. The molecule has 1 saturated heterocycles. The lowest BCUT2D eigenvalue weighted by atomic mass is 10.1. The van der Waals surface area contributed by atoms with Gasteiger partial charge in [0.25, 0.3) is 5.91 Å². The number of hydrazine groups is 1. The summed E-state index contributed by atoms with van der Waals surface area (Å²) >= 11 is 3.38. The van der Waals surface area contributed by atoms with Gasteiger partial charge in [-0.3, -0.25) is 25.2 Å². The molecular weight excluding hydrogens is 442 g/mol. The molecule has 2 heterocycles.